The third-order valence-electron chi connectivity index (χ3n) is 5.91. The van der Waals surface area contributed by atoms with Gasteiger partial charge < -0.3 is 10.6 Å². The largest absolute Gasteiger partial charge is 0.393 e. The van der Waals surface area contributed by atoms with Crippen LogP contribution in [0.5, 0.6) is 0 Å². The topological polar surface area (TPSA) is 176 Å². The van der Waals surface area contributed by atoms with E-state index in [1.165, 1.54) is 23.2 Å². The minimum absolute atomic E-state index is 0.0648. The summed E-state index contributed by atoms with van der Waals surface area (Å²) in [6.07, 6.45) is 2.53. The number of alkyl halides is 8. The van der Waals surface area contributed by atoms with Crippen LogP contribution >= 0.6 is 22.7 Å². The lowest BCUT2D eigenvalue weighted by atomic mass is 9.97. The first kappa shape index (κ1) is 36.4. The monoisotopic (exact) mass is 764 g/mol. The normalized spacial score (nSPS) is 13.1. The first-order chi connectivity index (χ1) is 22.1. The second-order valence-corrected chi connectivity index (χ2v) is 14.3. The van der Waals surface area contributed by atoms with Crippen molar-refractivity contribution in [1.82, 2.24) is 9.97 Å². The zero-order chi connectivity index (χ0) is 35.8. The molecule has 4 N–H and O–H groups in total. The molecule has 0 aliphatic carbocycles. The van der Waals surface area contributed by atoms with Crippen molar-refractivity contribution in [1.29, 1.82) is 0 Å². The Morgan fingerprint density at radius 3 is 1.15 bits per heavy atom. The van der Waals surface area contributed by atoms with Crippen LogP contribution in [0.2, 0.25) is 0 Å². The van der Waals surface area contributed by atoms with Crippen molar-refractivity contribution in [2.45, 2.75) is 33.5 Å². The van der Waals surface area contributed by atoms with Crippen molar-refractivity contribution >= 4 is 76.2 Å². The van der Waals surface area contributed by atoms with Crippen LogP contribution < -0.4 is 20.1 Å². The predicted molar refractivity (Wildman–Crippen MR) is 156 cm³/mol. The number of rotatable bonds is 13. The number of halogens is 8. The van der Waals surface area contributed by atoms with Crippen molar-refractivity contribution in [3.63, 3.8) is 0 Å². The van der Waals surface area contributed by atoms with Crippen LogP contribution in [0.1, 0.15) is 0 Å². The second-order valence-electron chi connectivity index (χ2n) is 9.14. The van der Waals surface area contributed by atoms with Gasteiger partial charge in [0.05, 0.1) is 9.79 Å². The van der Waals surface area contributed by atoms with Gasteiger partial charge in [0.2, 0.25) is 0 Å². The molecule has 2 aromatic heterocycles. The van der Waals surface area contributed by atoms with Crippen LogP contribution in [0.25, 0.3) is 0 Å². The van der Waals surface area contributed by atoms with Gasteiger partial charge >= 0.3 is 35.5 Å². The third kappa shape index (κ3) is 7.05. The first-order valence-corrected chi connectivity index (χ1v) is 17.0. The number of sulfonamides is 2. The fraction of sp³-hybridized carbons (Fsp3) is 0.167. The van der Waals surface area contributed by atoms with Gasteiger partial charge in [-0.1, -0.05) is 0 Å². The highest BCUT2D eigenvalue weighted by Crippen LogP contribution is 2.53. The molecule has 0 atom stereocenters. The molecule has 4 rings (SSSR count). The highest BCUT2D eigenvalue weighted by Gasteiger charge is 2.84. The average Bonchev–Trinajstić information content (AvgIpc) is 3.71. The lowest BCUT2D eigenvalue weighted by Crippen LogP contribution is -2.67. The maximum Gasteiger partial charge on any atom is 0.393 e. The molecule has 0 aliphatic heterocycles. The number of carbonyl (C=O) groups excluding carboxylic acids is 2. The minimum Gasteiger partial charge on any atom is -0.321 e. The molecule has 12 nitrogen and oxygen atoms in total. The Balaban J connectivity index is 1.46. The Morgan fingerprint density at radius 2 is 0.875 bits per heavy atom. The van der Waals surface area contributed by atoms with E-state index >= 15 is 0 Å². The molecule has 258 valence electrons. The summed E-state index contributed by atoms with van der Waals surface area (Å²) in [5, 5.41) is 4.94. The summed E-state index contributed by atoms with van der Waals surface area (Å²) in [6.45, 7) is 0. The lowest BCUT2D eigenvalue weighted by molar-refractivity contribution is -0.345. The number of anilines is 4. The molecule has 2 heterocycles. The van der Waals surface area contributed by atoms with Crippen LogP contribution in [-0.2, 0) is 29.6 Å². The molecule has 0 unspecified atom stereocenters. The van der Waals surface area contributed by atoms with E-state index in [9.17, 15) is 61.5 Å². The second kappa shape index (κ2) is 12.9. The third-order valence-corrected chi connectivity index (χ3v) is 10.3. The predicted octanol–water partition coefficient (Wildman–Crippen LogP) is 5.32. The molecular weight excluding hydrogens is 749 g/mol. The van der Waals surface area contributed by atoms with Gasteiger partial charge in [0.25, 0.3) is 20.0 Å². The van der Waals surface area contributed by atoms with Crippen LogP contribution in [0.4, 0.5) is 56.8 Å². The Morgan fingerprint density at radius 1 is 0.562 bits per heavy atom. The van der Waals surface area contributed by atoms with Crippen LogP contribution in [-0.4, -0.2) is 62.3 Å². The number of carbonyl (C=O) groups is 2. The van der Waals surface area contributed by atoms with Crippen LogP contribution in [0.15, 0.2) is 81.5 Å². The SMILES string of the molecule is O=C(Nc1ccc(S(=O)(=O)Nc2nccs2)cc1)C(F)(F)C(F)(F)C(F)(F)C(F)(F)C(=O)Nc1ccc(S(=O)(=O)Nc2nccs2)cc1. The molecule has 0 saturated heterocycles. The molecule has 24 heteroatoms. The quantitative estimate of drug-likeness (QED) is 0.132. The zero-order valence-electron chi connectivity index (χ0n) is 22.9. The number of benzene rings is 2. The van der Waals surface area contributed by atoms with E-state index in [0.29, 0.717) is 48.5 Å². The minimum atomic E-state index is -7.20. The molecule has 0 spiro atoms. The fourth-order valence-corrected chi connectivity index (χ4v) is 7.01. The summed E-state index contributed by atoms with van der Waals surface area (Å²) in [7, 11) is -8.60. The van der Waals surface area contributed by atoms with E-state index in [1.807, 2.05) is 9.44 Å². The van der Waals surface area contributed by atoms with Crippen molar-refractivity contribution in [2.24, 2.45) is 0 Å². The number of nitrogens with one attached hydrogen (secondary N) is 4. The average molecular weight is 765 g/mol. The number of aromatic nitrogens is 2. The number of amides is 2. The Labute approximate surface area is 272 Å². The van der Waals surface area contributed by atoms with Crippen molar-refractivity contribution in [2.75, 3.05) is 20.1 Å². The van der Waals surface area contributed by atoms with Crippen LogP contribution in [0.3, 0.4) is 0 Å². The standard InChI is InChI=1S/C24H16F8N6O6S4/c25-21(26,17(39)35-13-1-5-15(6-2-13)47(41,42)37-19-33-9-11-45-19)23(29,30)24(31,32)22(27,28)18(40)36-14-3-7-16(8-4-14)48(43,44)38-20-34-10-12-46-20/h1-12H,(H,33,37)(H,34,38)(H,35,39)(H,36,40). The molecule has 4 aromatic rings. The van der Waals surface area contributed by atoms with Gasteiger partial charge in [-0.25, -0.2) is 26.8 Å². The number of hydrogen-bond acceptors (Lipinski definition) is 10. The van der Waals surface area contributed by atoms with Gasteiger partial charge in [-0.05, 0) is 48.5 Å². The van der Waals surface area contributed by atoms with Gasteiger partial charge in [-0.2, -0.15) is 35.1 Å². The summed E-state index contributed by atoms with van der Waals surface area (Å²) < 4.78 is 169. The molecule has 48 heavy (non-hydrogen) atoms. The van der Waals surface area contributed by atoms with Crippen molar-refractivity contribution in [3.05, 3.63) is 71.7 Å². The molecule has 2 amide bonds. The lowest BCUT2D eigenvalue weighted by Gasteiger charge is -2.35. The van der Waals surface area contributed by atoms with E-state index in [1.54, 1.807) is 0 Å². The summed E-state index contributed by atoms with van der Waals surface area (Å²) in [4.78, 5) is 30.3. The maximum absolute atomic E-state index is 14.5. The van der Waals surface area contributed by atoms with E-state index in [2.05, 4.69) is 9.97 Å². The van der Waals surface area contributed by atoms with E-state index in [-0.39, 0.29) is 10.3 Å². The molecule has 2 aromatic carbocycles. The maximum atomic E-state index is 14.5. The molecule has 0 fully saturated rings. The molecule has 0 saturated carbocycles. The number of nitrogens with zero attached hydrogens (tertiary/aromatic N) is 2. The Hall–Kier alpha value is -4.42. The molecule has 0 bridgehead atoms. The van der Waals surface area contributed by atoms with E-state index in [4.69, 9.17) is 0 Å². The first-order valence-electron chi connectivity index (χ1n) is 12.3. The summed E-state index contributed by atoms with van der Waals surface area (Å²) in [5.41, 5.74) is -1.66. The number of thiazole rings is 2. The summed E-state index contributed by atoms with van der Waals surface area (Å²) in [6, 6.07) is 5.23. The number of hydrogen-bond donors (Lipinski definition) is 4. The van der Waals surface area contributed by atoms with E-state index < -0.39 is 76.7 Å². The van der Waals surface area contributed by atoms with Crippen LogP contribution in [0, 0.1) is 0 Å². The van der Waals surface area contributed by atoms with Gasteiger partial charge in [0.15, 0.2) is 10.3 Å². The van der Waals surface area contributed by atoms with Gasteiger partial charge in [0, 0.05) is 34.5 Å². The molecule has 0 radical (unpaired) electrons. The highest BCUT2D eigenvalue weighted by atomic mass is 32.2. The molecular formula is C24H16F8N6O6S4. The highest BCUT2D eigenvalue weighted by molar-refractivity contribution is 7.93. The summed E-state index contributed by atoms with van der Waals surface area (Å²) in [5.74, 6) is -34.0. The molecule has 0 aliphatic rings. The Kier molecular flexibility index (Phi) is 9.78. The van der Waals surface area contributed by atoms with E-state index in [0.717, 1.165) is 33.3 Å². The zero-order valence-corrected chi connectivity index (χ0v) is 26.2. The van der Waals surface area contributed by atoms with Crippen molar-refractivity contribution in [3.8, 4) is 0 Å². The van der Waals surface area contributed by atoms with Crippen molar-refractivity contribution < 1.29 is 61.5 Å². The fourth-order valence-electron chi connectivity index (χ4n) is 3.43. The van der Waals surface area contributed by atoms with Gasteiger partial charge in [-0.3, -0.25) is 19.0 Å². The smallest absolute Gasteiger partial charge is 0.321 e. The van der Waals surface area contributed by atoms with Gasteiger partial charge in [-0.15, -0.1) is 22.7 Å². The van der Waals surface area contributed by atoms with Gasteiger partial charge in [0.1, 0.15) is 0 Å². The Bertz CT molecular complexity index is 1850. The summed E-state index contributed by atoms with van der Waals surface area (Å²) >= 11 is 1.78.